The van der Waals surface area contributed by atoms with Gasteiger partial charge in [0.05, 0.1) is 35.5 Å². The molecule has 0 atom stereocenters. The zero-order valence-electron chi connectivity index (χ0n) is 32.4. The third-order valence-electron chi connectivity index (χ3n) is 8.55. The van der Waals surface area contributed by atoms with Crippen LogP contribution in [0, 0.1) is 22.7 Å². The fourth-order valence-corrected chi connectivity index (χ4v) is 8.00. The van der Waals surface area contributed by atoms with E-state index in [2.05, 4.69) is 42.8 Å². The van der Waals surface area contributed by atoms with Gasteiger partial charge in [0, 0.05) is 39.2 Å². The number of primary sulfonamides is 2. The van der Waals surface area contributed by atoms with Crippen molar-refractivity contribution < 1.29 is 26.4 Å². The number of nitrogens with zero attached hydrogens (tertiary/aromatic N) is 6. The van der Waals surface area contributed by atoms with Crippen LogP contribution in [0.25, 0.3) is 11.4 Å². The third-order valence-corrected chi connectivity index (χ3v) is 11.7. The van der Waals surface area contributed by atoms with E-state index in [1.165, 1.54) is 52.1 Å². The van der Waals surface area contributed by atoms with Gasteiger partial charge in [0.1, 0.15) is 32.1 Å². The second-order valence-electron chi connectivity index (χ2n) is 14.2. The van der Waals surface area contributed by atoms with E-state index in [-0.39, 0.29) is 67.4 Å². The first-order valence-corrected chi connectivity index (χ1v) is 22.3. The first-order valence-electron chi connectivity index (χ1n) is 17.7. The standard InChI is InChI=1S/C22H22ClN5O3S.C18H13BrClN5O3S/c1-22(2,3)21-15(12-24)13-28(27-21)18-9-8-16(11-19(18)32(25,30)31)26-20(29)10-14-6-4-5-7-17(14)23;19-18-12(9-21)10-25(24-18)15-6-5-13(8-16(15)29(22,27)28)23-17(26)7-11-3-1-2-4-14(11)20/h4-9,11,13H,10H2,1-3H3,(H,26,29)(H2,25,30,31);1-6,8,10H,7H2,(H,23,26)(H2,22,27,28). The number of carbonyl (C=O) groups excluding carboxylic acids is 2. The van der Waals surface area contributed by atoms with Crippen LogP contribution in [0.1, 0.15) is 48.7 Å². The van der Waals surface area contributed by atoms with Crippen LogP contribution in [-0.2, 0) is 47.9 Å². The van der Waals surface area contributed by atoms with Gasteiger partial charge < -0.3 is 10.6 Å². The quantitative estimate of drug-likeness (QED) is 0.116. The molecule has 6 aromatic rings. The Morgan fingerprint density at radius 2 is 1.11 bits per heavy atom. The average Bonchev–Trinajstić information content (AvgIpc) is 3.80. The predicted molar refractivity (Wildman–Crippen MR) is 233 cm³/mol. The highest BCUT2D eigenvalue weighted by molar-refractivity contribution is 9.10. The number of benzene rings is 4. The summed E-state index contributed by atoms with van der Waals surface area (Å²) in [5.41, 5.74) is 2.73. The van der Waals surface area contributed by atoms with E-state index in [4.69, 9.17) is 38.7 Å². The number of nitrogens with two attached hydrogens (primary N) is 2. The highest BCUT2D eigenvalue weighted by atomic mass is 79.9. The van der Waals surface area contributed by atoms with E-state index in [0.29, 0.717) is 32.4 Å². The molecule has 0 aliphatic rings. The summed E-state index contributed by atoms with van der Waals surface area (Å²) in [6.45, 7) is 5.70. The number of hydrogen-bond donors (Lipinski definition) is 4. The number of carbonyl (C=O) groups is 2. The van der Waals surface area contributed by atoms with Crippen molar-refractivity contribution in [3.8, 4) is 23.5 Å². The first kappa shape index (κ1) is 46.2. The molecule has 0 radical (unpaired) electrons. The van der Waals surface area contributed by atoms with Crippen LogP contribution in [-0.4, -0.2) is 48.2 Å². The second kappa shape index (κ2) is 18.8. The summed E-state index contributed by atoms with van der Waals surface area (Å²) in [6, 6.07) is 26.3. The van der Waals surface area contributed by atoms with Gasteiger partial charge in [-0.25, -0.2) is 36.5 Å². The van der Waals surface area contributed by atoms with Gasteiger partial charge in [-0.15, -0.1) is 0 Å². The third kappa shape index (κ3) is 11.7. The van der Waals surface area contributed by atoms with Crippen LogP contribution in [0.5, 0.6) is 0 Å². The molecule has 0 aliphatic carbocycles. The largest absolute Gasteiger partial charge is 0.326 e. The molecule has 4 aromatic carbocycles. The van der Waals surface area contributed by atoms with Crippen molar-refractivity contribution in [2.24, 2.45) is 10.3 Å². The second-order valence-corrected chi connectivity index (χ2v) is 18.8. The van der Waals surface area contributed by atoms with Gasteiger partial charge in [-0.2, -0.15) is 20.7 Å². The number of nitriles is 2. The van der Waals surface area contributed by atoms with E-state index in [0.717, 1.165) is 0 Å². The van der Waals surface area contributed by atoms with Gasteiger partial charge in [-0.05, 0) is 75.6 Å². The van der Waals surface area contributed by atoms with E-state index >= 15 is 0 Å². The van der Waals surface area contributed by atoms with E-state index < -0.39 is 25.5 Å². The molecule has 6 N–H and O–H groups in total. The molecule has 0 unspecified atom stereocenters. The Morgan fingerprint density at radius 1 is 0.705 bits per heavy atom. The molecular formula is C40H35BrCl2N10O6S2. The Bertz CT molecular complexity index is 2990. The van der Waals surface area contributed by atoms with Crippen molar-refractivity contribution in [2.75, 3.05) is 10.6 Å². The molecule has 2 amide bonds. The summed E-state index contributed by atoms with van der Waals surface area (Å²) in [5.74, 6) is -0.744. The number of rotatable bonds is 10. The van der Waals surface area contributed by atoms with Crippen LogP contribution in [0.3, 0.4) is 0 Å². The zero-order valence-corrected chi connectivity index (χ0v) is 37.1. The number of halogens is 3. The van der Waals surface area contributed by atoms with Crippen molar-refractivity contribution in [2.45, 2.75) is 48.8 Å². The van der Waals surface area contributed by atoms with E-state index in [9.17, 15) is 31.7 Å². The summed E-state index contributed by atoms with van der Waals surface area (Å²) in [7, 11) is -8.31. The molecule has 0 fully saturated rings. The molecule has 2 aromatic heterocycles. The zero-order chi connectivity index (χ0) is 44.9. The average molecular weight is 967 g/mol. The lowest BCUT2D eigenvalue weighted by Crippen LogP contribution is -2.19. The summed E-state index contributed by atoms with van der Waals surface area (Å²) in [6.07, 6.45) is 2.86. The molecule has 6 rings (SSSR count). The fraction of sp³-hybridized carbons (Fsp3) is 0.150. The molecule has 2 heterocycles. The fourth-order valence-electron chi connectivity index (χ4n) is 5.74. The number of sulfonamides is 2. The molecule has 21 heteroatoms. The van der Waals surface area contributed by atoms with Crippen molar-refractivity contribution in [3.63, 3.8) is 0 Å². The van der Waals surface area contributed by atoms with Gasteiger partial charge in [0.2, 0.25) is 31.9 Å². The van der Waals surface area contributed by atoms with E-state index in [1.807, 2.05) is 26.8 Å². The van der Waals surface area contributed by atoms with Crippen LogP contribution >= 0.6 is 39.1 Å². The minimum Gasteiger partial charge on any atom is -0.326 e. The highest BCUT2D eigenvalue weighted by Crippen LogP contribution is 2.29. The summed E-state index contributed by atoms with van der Waals surface area (Å²) >= 11 is 15.3. The predicted octanol–water partition coefficient (Wildman–Crippen LogP) is 6.51. The number of amides is 2. The van der Waals surface area contributed by atoms with Crippen molar-refractivity contribution in [1.82, 2.24) is 19.6 Å². The number of hydrogen-bond acceptors (Lipinski definition) is 10. The molecule has 0 aliphatic heterocycles. The number of nitrogens with one attached hydrogen (secondary N) is 2. The van der Waals surface area contributed by atoms with Gasteiger partial charge in [0.15, 0.2) is 0 Å². The van der Waals surface area contributed by atoms with Crippen molar-refractivity contribution >= 4 is 82.4 Å². The van der Waals surface area contributed by atoms with Crippen LogP contribution in [0.15, 0.2) is 112 Å². The minimum atomic E-state index is -4.17. The van der Waals surface area contributed by atoms with Gasteiger partial charge in [0.25, 0.3) is 0 Å². The maximum atomic E-state index is 12.4. The Hall–Kier alpha value is -5.90. The maximum absolute atomic E-state index is 12.4. The maximum Gasteiger partial charge on any atom is 0.240 e. The lowest BCUT2D eigenvalue weighted by molar-refractivity contribution is -0.116. The Morgan fingerprint density at radius 3 is 1.48 bits per heavy atom. The van der Waals surface area contributed by atoms with Crippen LogP contribution in [0.4, 0.5) is 11.4 Å². The molecule has 61 heavy (non-hydrogen) atoms. The van der Waals surface area contributed by atoms with Crippen LogP contribution in [0.2, 0.25) is 10.0 Å². The Labute approximate surface area is 369 Å². The summed E-state index contributed by atoms with van der Waals surface area (Å²) in [4.78, 5) is 24.3. The monoisotopic (exact) mass is 964 g/mol. The number of aromatic nitrogens is 4. The van der Waals surface area contributed by atoms with Crippen LogP contribution < -0.4 is 20.9 Å². The van der Waals surface area contributed by atoms with Crippen molar-refractivity contribution in [3.05, 3.63) is 140 Å². The molecule has 0 spiro atoms. The topological polar surface area (TPSA) is 262 Å². The minimum absolute atomic E-state index is 0.0176. The Balaban J connectivity index is 0.000000232. The summed E-state index contributed by atoms with van der Waals surface area (Å²) in [5, 5.41) is 44.0. The Kier molecular flexibility index (Phi) is 14.2. The normalized spacial score (nSPS) is 11.4. The van der Waals surface area contributed by atoms with Gasteiger partial charge >= 0.3 is 0 Å². The molecule has 0 bridgehead atoms. The smallest absolute Gasteiger partial charge is 0.240 e. The van der Waals surface area contributed by atoms with Crippen molar-refractivity contribution in [1.29, 1.82) is 10.5 Å². The number of anilines is 2. The van der Waals surface area contributed by atoms with Gasteiger partial charge in [-0.3, -0.25) is 9.59 Å². The molecular weight excluding hydrogens is 931 g/mol. The van der Waals surface area contributed by atoms with Gasteiger partial charge in [-0.1, -0.05) is 80.4 Å². The molecule has 314 valence electrons. The SMILES string of the molecule is CC(C)(C)c1nn(-c2ccc(NC(=O)Cc3ccccc3Cl)cc2S(N)(=O)=O)cc1C#N.N#Cc1cn(-c2ccc(NC(=O)Cc3ccccc3Cl)cc2S(N)(=O)=O)nc1Br. The lowest BCUT2D eigenvalue weighted by Gasteiger charge is -2.15. The first-order chi connectivity index (χ1) is 28.6. The molecule has 16 nitrogen and oxygen atoms in total. The highest BCUT2D eigenvalue weighted by Gasteiger charge is 2.25. The summed E-state index contributed by atoms with van der Waals surface area (Å²) < 4.78 is 51.6. The van der Waals surface area contributed by atoms with E-state index in [1.54, 1.807) is 54.6 Å². The lowest BCUT2D eigenvalue weighted by atomic mass is 9.90. The molecule has 0 saturated carbocycles. The molecule has 0 saturated heterocycles.